The minimum Gasteiger partial charge on any atom is -0.462 e. The van der Waals surface area contributed by atoms with Crippen LogP contribution in [-0.2, 0) is 9.53 Å². The SMILES string of the molecule is CCOC(=O)c1ccc(-c2ccc(/C=C(/C#N)C(=O)N(C)C)o2)cc1. The summed E-state index contributed by atoms with van der Waals surface area (Å²) in [6, 6.07) is 12.1. The van der Waals surface area contributed by atoms with Gasteiger partial charge < -0.3 is 14.1 Å². The van der Waals surface area contributed by atoms with Crippen molar-refractivity contribution in [2.45, 2.75) is 6.92 Å². The Kier molecular flexibility index (Phi) is 5.75. The van der Waals surface area contributed by atoms with Gasteiger partial charge in [0.05, 0.1) is 12.2 Å². The maximum Gasteiger partial charge on any atom is 0.338 e. The summed E-state index contributed by atoms with van der Waals surface area (Å²) in [6.07, 6.45) is 1.40. The molecular formula is C19H18N2O4. The third-order valence-electron chi connectivity index (χ3n) is 3.35. The summed E-state index contributed by atoms with van der Waals surface area (Å²) in [4.78, 5) is 24.8. The van der Waals surface area contributed by atoms with Crippen LogP contribution in [0.3, 0.4) is 0 Å². The first-order chi connectivity index (χ1) is 12.0. The van der Waals surface area contributed by atoms with Crippen molar-refractivity contribution in [2.24, 2.45) is 0 Å². The molecule has 0 spiro atoms. The van der Waals surface area contributed by atoms with Crippen LogP contribution in [0.25, 0.3) is 17.4 Å². The fourth-order valence-corrected chi connectivity index (χ4v) is 2.10. The van der Waals surface area contributed by atoms with E-state index in [0.29, 0.717) is 23.7 Å². The van der Waals surface area contributed by atoms with Crippen LogP contribution >= 0.6 is 0 Å². The molecule has 0 aliphatic rings. The molecule has 0 aliphatic heterocycles. The fraction of sp³-hybridized carbons (Fsp3) is 0.211. The van der Waals surface area contributed by atoms with Crippen LogP contribution in [0, 0.1) is 11.3 Å². The van der Waals surface area contributed by atoms with Crippen molar-refractivity contribution in [1.82, 2.24) is 4.90 Å². The molecule has 2 rings (SSSR count). The first kappa shape index (κ1) is 18.0. The number of amides is 1. The second-order valence-corrected chi connectivity index (χ2v) is 5.37. The van der Waals surface area contributed by atoms with Gasteiger partial charge in [0, 0.05) is 25.7 Å². The van der Waals surface area contributed by atoms with Gasteiger partial charge in [-0.2, -0.15) is 5.26 Å². The van der Waals surface area contributed by atoms with Gasteiger partial charge in [-0.15, -0.1) is 0 Å². The Bertz CT molecular complexity index is 839. The van der Waals surface area contributed by atoms with Crippen molar-refractivity contribution in [3.63, 3.8) is 0 Å². The third-order valence-corrected chi connectivity index (χ3v) is 3.35. The molecule has 25 heavy (non-hydrogen) atoms. The molecular weight excluding hydrogens is 320 g/mol. The Morgan fingerprint density at radius 1 is 1.20 bits per heavy atom. The number of benzene rings is 1. The largest absolute Gasteiger partial charge is 0.462 e. The highest BCUT2D eigenvalue weighted by molar-refractivity contribution is 6.01. The molecule has 1 aromatic heterocycles. The normalized spacial score (nSPS) is 10.9. The van der Waals surface area contributed by atoms with Gasteiger partial charge in [-0.05, 0) is 31.2 Å². The van der Waals surface area contributed by atoms with E-state index in [4.69, 9.17) is 14.4 Å². The summed E-state index contributed by atoms with van der Waals surface area (Å²) in [5.74, 6) is 0.199. The van der Waals surface area contributed by atoms with Crippen LogP contribution in [0.4, 0.5) is 0 Å². The number of nitriles is 1. The van der Waals surface area contributed by atoms with Crippen LogP contribution in [0.5, 0.6) is 0 Å². The summed E-state index contributed by atoms with van der Waals surface area (Å²) < 4.78 is 10.6. The lowest BCUT2D eigenvalue weighted by Crippen LogP contribution is -2.22. The Balaban J connectivity index is 2.22. The quantitative estimate of drug-likeness (QED) is 0.475. The van der Waals surface area contributed by atoms with Crippen molar-refractivity contribution in [3.8, 4) is 17.4 Å². The fourth-order valence-electron chi connectivity index (χ4n) is 2.10. The van der Waals surface area contributed by atoms with Crippen LogP contribution < -0.4 is 0 Å². The van der Waals surface area contributed by atoms with Crippen molar-refractivity contribution in [2.75, 3.05) is 20.7 Å². The number of likely N-dealkylation sites (N-methyl/N-ethyl adjacent to an activating group) is 1. The van der Waals surface area contributed by atoms with Crippen molar-refractivity contribution in [1.29, 1.82) is 5.26 Å². The van der Waals surface area contributed by atoms with Gasteiger partial charge in [0.1, 0.15) is 23.2 Å². The van der Waals surface area contributed by atoms with E-state index in [1.807, 2.05) is 6.07 Å². The van der Waals surface area contributed by atoms with Crippen molar-refractivity contribution < 1.29 is 18.7 Å². The van der Waals surface area contributed by atoms with E-state index >= 15 is 0 Å². The van der Waals surface area contributed by atoms with Gasteiger partial charge in [-0.25, -0.2) is 4.79 Å². The predicted octanol–water partition coefficient (Wildman–Crippen LogP) is 3.12. The van der Waals surface area contributed by atoms with E-state index in [-0.39, 0.29) is 17.4 Å². The molecule has 128 valence electrons. The molecule has 1 amide bonds. The lowest BCUT2D eigenvalue weighted by molar-refractivity contribution is -0.124. The lowest BCUT2D eigenvalue weighted by Gasteiger charge is -2.07. The highest BCUT2D eigenvalue weighted by Gasteiger charge is 2.13. The van der Waals surface area contributed by atoms with Gasteiger partial charge in [0.25, 0.3) is 5.91 Å². The Labute approximate surface area is 145 Å². The second-order valence-electron chi connectivity index (χ2n) is 5.37. The lowest BCUT2D eigenvalue weighted by atomic mass is 10.1. The van der Waals surface area contributed by atoms with E-state index in [2.05, 4.69) is 0 Å². The van der Waals surface area contributed by atoms with Gasteiger partial charge >= 0.3 is 5.97 Å². The number of esters is 1. The summed E-state index contributed by atoms with van der Waals surface area (Å²) in [6.45, 7) is 2.07. The molecule has 0 radical (unpaired) electrons. The summed E-state index contributed by atoms with van der Waals surface area (Å²) >= 11 is 0. The highest BCUT2D eigenvalue weighted by Crippen LogP contribution is 2.24. The van der Waals surface area contributed by atoms with Gasteiger partial charge in [0.2, 0.25) is 0 Å². The minimum atomic E-state index is -0.390. The summed E-state index contributed by atoms with van der Waals surface area (Å²) in [5.41, 5.74) is 1.22. The molecule has 0 bridgehead atoms. The zero-order valence-corrected chi connectivity index (χ0v) is 14.3. The molecule has 0 saturated carbocycles. The third kappa shape index (κ3) is 4.36. The number of carbonyl (C=O) groups excluding carboxylic acids is 2. The smallest absolute Gasteiger partial charge is 0.338 e. The van der Waals surface area contributed by atoms with Crippen molar-refractivity contribution in [3.05, 3.63) is 53.3 Å². The van der Waals surface area contributed by atoms with E-state index < -0.39 is 0 Å². The summed E-state index contributed by atoms with van der Waals surface area (Å²) in [7, 11) is 3.15. The highest BCUT2D eigenvalue weighted by atomic mass is 16.5. The standard InChI is InChI=1S/C19H18N2O4/c1-4-24-19(23)14-7-5-13(6-8-14)17-10-9-16(25-17)11-15(12-20)18(22)21(2)3/h5-11H,4H2,1-3H3/b15-11-. The molecule has 0 unspecified atom stereocenters. The monoisotopic (exact) mass is 338 g/mol. The molecule has 1 heterocycles. The van der Waals surface area contributed by atoms with Crippen molar-refractivity contribution >= 4 is 18.0 Å². The molecule has 2 aromatic rings. The van der Waals surface area contributed by atoms with E-state index in [1.54, 1.807) is 57.4 Å². The van der Waals surface area contributed by atoms with Crippen LogP contribution in [-0.4, -0.2) is 37.5 Å². The number of hydrogen-bond donors (Lipinski definition) is 0. The van der Waals surface area contributed by atoms with E-state index in [0.717, 1.165) is 5.56 Å². The molecule has 6 nitrogen and oxygen atoms in total. The number of carbonyl (C=O) groups is 2. The second kappa shape index (κ2) is 7.97. The maximum atomic E-state index is 11.9. The number of ether oxygens (including phenoxy) is 1. The van der Waals surface area contributed by atoms with E-state index in [1.165, 1.54) is 11.0 Å². The number of nitrogens with zero attached hydrogens (tertiary/aromatic N) is 2. The van der Waals surface area contributed by atoms with Crippen LogP contribution in [0.2, 0.25) is 0 Å². The Morgan fingerprint density at radius 2 is 1.88 bits per heavy atom. The van der Waals surface area contributed by atoms with Gasteiger partial charge in [0.15, 0.2) is 0 Å². The first-order valence-electron chi connectivity index (χ1n) is 7.67. The average molecular weight is 338 g/mol. The molecule has 0 atom stereocenters. The number of furan rings is 1. The molecule has 0 fully saturated rings. The molecule has 0 aliphatic carbocycles. The average Bonchev–Trinajstić information content (AvgIpc) is 3.08. The Morgan fingerprint density at radius 3 is 2.44 bits per heavy atom. The van der Waals surface area contributed by atoms with Crippen LogP contribution in [0.1, 0.15) is 23.0 Å². The van der Waals surface area contributed by atoms with Gasteiger partial charge in [-0.3, -0.25) is 4.79 Å². The zero-order valence-electron chi connectivity index (χ0n) is 14.3. The molecule has 6 heteroatoms. The molecule has 0 N–H and O–H groups in total. The van der Waals surface area contributed by atoms with Crippen LogP contribution in [0.15, 0.2) is 46.4 Å². The topological polar surface area (TPSA) is 83.5 Å². The predicted molar refractivity (Wildman–Crippen MR) is 92.4 cm³/mol. The van der Waals surface area contributed by atoms with Gasteiger partial charge in [-0.1, -0.05) is 12.1 Å². The number of rotatable bonds is 5. The first-order valence-corrected chi connectivity index (χ1v) is 7.67. The maximum absolute atomic E-state index is 11.9. The zero-order chi connectivity index (χ0) is 18.4. The van der Waals surface area contributed by atoms with E-state index in [9.17, 15) is 9.59 Å². The molecule has 0 saturated heterocycles. The summed E-state index contributed by atoms with van der Waals surface area (Å²) in [5, 5.41) is 9.11. The number of hydrogen-bond acceptors (Lipinski definition) is 5. The minimum absolute atomic E-state index is 0.0106. The molecule has 1 aromatic carbocycles. The Hall–Kier alpha value is -3.33.